The highest BCUT2D eigenvalue weighted by molar-refractivity contribution is 5.52. The lowest BCUT2D eigenvalue weighted by molar-refractivity contribution is 0.0984. The van der Waals surface area contributed by atoms with Gasteiger partial charge in [-0.2, -0.15) is 0 Å². The van der Waals surface area contributed by atoms with Crippen LogP contribution in [0.1, 0.15) is 30.9 Å². The number of aliphatic hydroxyl groups excluding tert-OH is 1. The minimum absolute atomic E-state index is 0.315. The Morgan fingerprint density at radius 3 is 1.95 bits per heavy atom. The predicted molar refractivity (Wildman–Crippen MR) is 75.4 cm³/mol. The quantitative estimate of drug-likeness (QED) is 0.899. The smallest absolute Gasteiger partial charge is 0.132 e. The molecule has 0 aromatic heterocycles. The van der Waals surface area contributed by atoms with Gasteiger partial charge in [0, 0.05) is 12.1 Å². The molecule has 0 aliphatic heterocycles. The molecular weight excluding hydrogens is 256 g/mol. The van der Waals surface area contributed by atoms with Gasteiger partial charge in [0.05, 0.1) is 33.0 Å². The molecule has 2 aliphatic rings. The second-order valence-electron chi connectivity index (χ2n) is 5.88. The summed E-state index contributed by atoms with van der Waals surface area (Å²) in [6, 6.07) is 3.60. The number of benzene rings is 1. The predicted octanol–water partition coefficient (Wildman–Crippen LogP) is 2.79. The number of hydrogen-bond donors (Lipinski definition) is 1. The van der Waals surface area contributed by atoms with Crippen LogP contribution in [0, 0.1) is 17.8 Å². The van der Waals surface area contributed by atoms with E-state index in [1.807, 2.05) is 0 Å². The van der Waals surface area contributed by atoms with Crippen molar-refractivity contribution < 1.29 is 19.3 Å². The third-order valence-electron chi connectivity index (χ3n) is 4.78. The van der Waals surface area contributed by atoms with E-state index in [4.69, 9.17) is 14.2 Å². The summed E-state index contributed by atoms with van der Waals surface area (Å²) in [5.74, 6) is 3.93. The molecule has 3 atom stereocenters. The first kappa shape index (κ1) is 13.6. The van der Waals surface area contributed by atoms with Gasteiger partial charge in [0.1, 0.15) is 17.2 Å². The number of aliphatic hydroxyl groups is 1. The molecule has 0 bridgehead atoms. The van der Waals surface area contributed by atoms with Crippen LogP contribution >= 0.6 is 0 Å². The van der Waals surface area contributed by atoms with Gasteiger partial charge in [-0.3, -0.25) is 0 Å². The van der Waals surface area contributed by atoms with E-state index in [9.17, 15) is 5.11 Å². The van der Waals surface area contributed by atoms with Crippen LogP contribution in [0.4, 0.5) is 0 Å². The molecule has 1 N–H and O–H groups in total. The number of rotatable bonds is 5. The molecule has 2 fully saturated rings. The monoisotopic (exact) mass is 278 g/mol. The Labute approximate surface area is 119 Å². The van der Waals surface area contributed by atoms with Gasteiger partial charge in [0.25, 0.3) is 0 Å². The Morgan fingerprint density at radius 2 is 1.50 bits per heavy atom. The van der Waals surface area contributed by atoms with Gasteiger partial charge in [-0.1, -0.05) is 0 Å². The number of ether oxygens (including phenoxy) is 3. The fourth-order valence-electron chi connectivity index (χ4n) is 3.58. The molecule has 0 saturated heterocycles. The van der Waals surface area contributed by atoms with E-state index < -0.39 is 6.10 Å². The SMILES string of the molecule is COc1cc(OC)c(C(O)C2CC3CC3C2)c(OC)c1. The highest BCUT2D eigenvalue weighted by Crippen LogP contribution is 2.58. The number of methoxy groups -OCH3 is 3. The van der Waals surface area contributed by atoms with E-state index in [0.29, 0.717) is 23.2 Å². The summed E-state index contributed by atoms with van der Waals surface area (Å²) in [6.07, 6.45) is 3.05. The van der Waals surface area contributed by atoms with Crippen LogP contribution in [0.3, 0.4) is 0 Å². The van der Waals surface area contributed by atoms with Gasteiger partial charge in [-0.05, 0) is 37.0 Å². The van der Waals surface area contributed by atoms with Gasteiger partial charge in [0.15, 0.2) is 0 Å². The van der Waals surface area contributed by atoms with E-state index in [2.05, 4.69) is 0 Å². The Morgan fingerprint density at radius 1 is 0.950 bits per heavy atom. The third-order valence-corrected chi connectivity index (χ3v) is 4.78. The van der Waals surface area contributed by atoms with Crippen LogP contribution in [0.25, 0.3) is 0 Å². The maximum Gasteiger partial charge on any atom is 0.132 e. The molecule has 1 aromatic carbocycles. The molecule has 3 unspecified atom stereocenters. The average molecular weight is 278 g/mol. The lowest BCUT2D eigenvalue weighted by Gasteiger charge is -2.24. The summed E-state index contributed by atoms with van der Waals surface area (Å²) in [4.78, 5) is 0. The maximum atomic E-state index is 10.7. The van der Waals surface area contributed by atoms with Crippen molar-refractivity contribution in [3.05, 3.63) is 17.7 Å². The lowest BCUT2D eigenvalue weighted by atomic mass is 9.90. The normalized spacial score (nSPS) is 28.7. The molecule has 2 aliphatic carbocycles. The molecule has 2 saturated carbocycles. The molecule has 4 heteroatoms. The summed E-state index contributed by atoms with van der Waals surface area (Å²) in [5.41, 5.74) is 0.752. The Hall–Kier alpha value is -1.42. The summed E-state index contributed by atoms with van der Waals surface area (Å²) < 4.78 is 16.1. The Bertz CT molecular complexity index is 464. The zero-order valence-corrected chi connectivity index (χ0v) is 12.3. The molecule has 110 valence electrons. The van der Waals surface area contributed by atoms with Crippen LogP contribution in [-0.2, 0) is 0 Å². The third kappa shape index (κ3) is 2.22. The fourth-order valence-corrected chi connectivity index (χ4v) is 3.58. The van der Waals surface area contributed by atoms with Crippen LogP contribution in [0.2, 0.25) is 0 Å². The first-order valence-corrected chi connectivity index (χ1v) is 7.15. The fraction of sp³-hybridized carbons (Fsp3) is 0.625. The van der Waals surface area contributed by atoms with Crippen molar-refractivity contribution in [2.45, 2.75) is 25.4 Å². The topological polar surface area (TPSA) is 47.9 Å². The average Bonchev–Trinajstić information content (AvgIpc) is 3.10. The maximum absolute atomic E-state index is 10.7. The number of fused-ring (bicyclic) bond motifs is 1. The minimum atomic E-state index is -0.529. The van der Waals surface area contributed by atoms with Crippen LogP contribution in [0.15, 0.2) is 12.1 Å². The molecule has 20 heavy (non-hydrogen) atoms. The molecule has 4 nitrogen and oxygen atoms in total. The van der Waals surface area contributed by atoms with Crippen molar-refractivity contribution in [3.8, 4) is 17.2 Å². The number of hydrogen-bond acceptors (Lipinski definition) is 4. The molecule has 0 amide bonds. The highest BCUT2D eigenvalue weighted by atomic mass is 16.5. The van der Waals surface area contributed by atoms with Crippen LogP contribution in [-0.4, -0.2) is 26.4 Å². The van der Waals surface area contributed by atoms with Crippen molar-refractivity contribution in [1.29, 1.82) is 0 Å². The highest BCUT2D eigenvalue weighted by Gasteiger charge is 2.48. The lowest BCUT2D eigenvalue weighted by Crippen LogP contribution is -2.13. The van der Waals surface area contributed by atoms with Crippen molar-refractivity contribution in [3.63, 3.8) is 0 Å². The molecular formula is C16H22O4. The summed E-state index contributed by atoms with van der Waals surface area (Å²) >= 11 is 0. The Kier molecular flexibility index (Phi) is 3.50. The summed E-state index contributed by atoms with van der Waals surface area (Å²) in [6.45, 7) is 0. The Balaban J connectivity index is 1.93. The molecule has 0 heterocycles. The van der Waals surface area contributed by atoms with Gasteiger partial charge >= 0.3 is 0 Å². The van der Waals surface area contributed by atoms with Crippen molar-refractivity contribution in [1.82, 2.24) is 0 Å². The largest absolute Gasteiger partial charge is 0.496 e. The van der Waals surface area contributed by atoms with Gasteiger partial charge in [0.2, 0.25) is 0 Å². The molecule has 1 aromatic rings. The standard InChI is InChI=1S/C16H22O4/c1-18-12-7-13(19-2)15(14(8-12)20-3)16(17)11-5-9-4-10(9)6-11/h7-11,16-17H,4-6H2,1-3H3. The first-order valence-electron chi connectivity index (χ1n) is 7.15. The van der Waals surface area contributed by atoms with E-state index in [0.717, 1.165) is 30.2 Å². The zero-order chi connectivity index (χ0) is 14.3. The van der Waals surface area contributed by atoms with Crippen molar-refractivity contribution in [2.24, 2.45) is 17.8 Å². The van der Waals surface area contributed by atoms with E-state index in [1.165, 1.54) is 6.42 Å². The van der Waals surface area contributed by atoms with Gasteiger partial charge in [-0.15, -0.1) is 0 Å². The van der Waals surface area contributed by atoms with Crippen molar-refractivity contribution in [2.75, 3.05) is 21.3 Å². The van der Waals surface area contributed by atoms with Crippen LogP contribution < -0.4 is 14.2 Å². The first-order chi connectivity index (χ1) is 9.67. The summed E-state index contributed by atoms with van der Waals surface area (Å²) in [7, 11) is 4.82. The molecule has 0 radical (unpaired) electrons. The molecule has 3 rings (SSSR count). The van der Waals surface area contributed by atoms with E-state index >= 15 is 0 Å². The second kappa shape index (κ2) is 5.17. The van der Waals surface area contributed by atoms with Gasteiger partial charge < -0.3 is 19.3 Å². The van der Waals surface area contributed by atoms with E-state index in [-0.39, 0.29) is 0 Å². The van der Waals surface area contributed by atoms with Crippen LogP contribution in [0.5, 0.6) is 17.2 Å². The molecule has 0 spiro atoms. The minimum Gasteiger partial charge on any atom is -0.496 e. The zero-order valence-electron chi connectivity index (χ0n) is 12.3. The van der Waals surface area contributed by atoms with Gasteiger partial charge in [-0.25, -0.2) is 0 Å². The summed E-state index contributed by atoms with van der Waals surface area (Å²) in [5, 5.41) is 10.7. The van der Waals surface area contributed by atoms with Crippen molar-refractivity contribution >= 4 is 0 Å². The van der Waals surface area contributed by atoms with E-state index in [1.54, 1.807) is 33.5 Å². The second-order valence-corrected chi connectivity index (χ2v) is 5.88.